The van der Waals surface area contributed by atoms with Crippen molar-refractivity contribution in [2.75, 3.05) is 18.8 Å². The number of amides is 1. The average molecular weight is 264 g/mol. The molecular weight excluding hydrogens is 244 g/mol. The first-order chi connectivity index (χ1) is 8.75. The third-order valence-electron chi connectivity index (χ3n) is 3.24. The van der Waals surface area contributed by atoms with Crippen molar-refractivity contribution in [2.45, 2.75) is 24.3 Å². The van der Waals surface area contributed by atoms with Crippen molar-refractivity contribution in [1.29, 1.82) is 0 Å². The van der Waals surface area contributed by atoms with Gasteiger partial charge < -0.3 is 10.6 Å². The van der Waals surface area contributed by atoms with Gasteiger partial charge in [-0.25, -0.2) is 0 Å². The van der Waals surface area contributed by atoms with Gasteiger partial charge in [0.2, 0.25) is 5.91 Å². The van der Waals surface area contributed by atoms with E-state index in [1.165, 1.54) is 0 Å². The number of thioether (sulfide) groups is 1. The topological polar surface area (TPSA) is 41.1 Å². The lowest BCUT2D eigenvalue weighted by Gasteiger charge is -2.30. The third kappa shape index (κ3) is 4.03. The molecule has 4 heteroatoms. The molecule has 2 unspecified atom stereocenters. The average Bonchev–Trinajstić information content (AvgIpc) is 2.40. The molecule has 3 nitrogen and oxygen atoms in total. The summed E-state index contributed by atoms with van der Waals surface area (Å²) in [7, 11) is 0. The zero-order chi connectivity index (χ0) is 12.8. The van der Waals surface area contributed by atoms with E-state index in [-0.39, 0.29) is 5.91 Å². The first kappa shape index (κ1) is 13.4. The Kier molecular flexibility index (Phi) is 5.08. The van der Waals surface area contributed by atoms with Crippen LogP contribution in [0, 0.1) is 5.92 Å². The second-order valence-corrected chi connectivity index (χ2v) is 5.79. The predicted molar refractivity (Wildman–Crippen MR) is 75.7 cm³/mol. The van der Waals surface area contributed by atoms with Gasteiger partial charge in [0.05, 0.1) is 5.75 Å². The van der Waals surface area contributed by atoms with Crippen LogP contribution in [0.3, 0.4) is 0 Å². The quantitative estimate of drug-likeness (QED) is 0.816. The lowest BCUT2D eigenvalue weighted by molar-refractivity contribution is -0.119. The lowest BCUT2D eigenvalue weighted by Crippen LogP contribution is -2.48. The van der Waals surface area contributed by atoms with Crippen LogP contribution in [0.5, 0.6) is 0 Å². The zero-order valence-corrected chi connectivity index (χ0v) is 11.5. The highest BCUT2D eigenvalue weighted by atomic mass is 32.2. The molecule has 0 aliphatic carbocycles. The van der Waals surface area contributed by atoms with Gasteiger partial charge in [-0.2, -0.15) is 0 Å². The lowest BCUT2D eigenvalue weighted by atomic mass is 9.95. The molecule has 1 heterocycles. The van der Waals surface area contributed by atoms with Crippen molar-refractivity contribution in [3.8, 4) is 0 Å². The van der Waals surface area contributed by atoms with Gasteiger partial charge in [0.1, 0.15) is 0 Å². The Morgan fingerprint density at radius 2 is 2.22 bits per heavy atom. The maximum Gasteiger partial charge on any atom is 0.230 e. The van der Waals surface area contributed by atoms with Crippen LogP contribution in [-0.4, -0.2) is 30.8 Å². The van der Waals surface area contributed by atoms with Crippen molar-refractivity contribution in [2.24, 2.45) is 5.92 Å². The number of hydrogen-bond donors (Lipinski definition) is 2. The molecule has 0 spiro atoms. The Hall–Kier alpha value is -1.00. The summed E-state index contributed by atoms with van der Waals surface area (Å²) in [5.41, 5.74) is 0. The van der Waals surface area contributed by atoms with E-state index in [9.17, 15) is 4.79 Å². The minimum Gasteiger partial charge on any atom is -0.352 e. The normalized spacial score (nSPS) is 23.6. The van der Waals surface area contributed by atoms with Crippen LogP contribution in [0.1, 0.15) is 13.3 Å². The molecule has 2 N–H and O–H groups in total. The van der Waals surface area contributed by atoms with Crippen LogP contribution in [0.15, 0.2) is 35.2 Å². The van der Waals surface area contributed by atoms with Gasteiger partial charge in [0.15, 0.2) is 0 Å². The van der Waals surface area contributed by atoms with Gasteiger partial charge in [-0.1, -0.05) is 25.1 Å². The van der Waals surface area contributed by atoms with Gasteiger partial charge in [-0.15, -0.1) is 11.8 Å². The van der Waals surface area contributed by atoms with E-state index < -0.39 is 0 Å². The molecule has 1 aliphatic rings. The van der Waals surface area contributed by atoms with E-state index in [1.807, 2.05) is 30.3 Å². The van der Waals surface area contributed by atoms with Crippen LogP contribution in [0.4, 0.5) is 0 Å². The molecule has 1 aromatic rings. The standard InChI is InChI=1S/C14H20N2OS/c1-11-9-15-8-7-13(11)16-14(17)10-18-12-5-3-2-4-6-12/h2-6,11,13,15H,7-10H2,1H3,(H,16,17). The third-order valence-corrected chi connectivity index (χ3v) is 4.26. The van der Waals surface area contributed by atoms with Crippen LogP contribution in [-0.2, 0) is 4.79 Å². The summed E-state index contributed by atoms with van der Waals surface area (Å²) in [6, 6.07) is 10.4. The molecule has 0 saturated carbocycles. The van der Waals surface area contributed by atoms with E-state index in [0.717, 1.165) is 24.4 Å². The number of benzene rings is 1. The molecule has 0 aromatic heterocycles. The monoisotopic (exact) mass is 264 g/mol. The molecule has 1 aliphatic heterocycles. The summed E-state index contributed by atoms with van der Waals surface area (Å²) in [5.74, 6) is 1.16. The molecule has 1 fully saturated rings. The van der Waals surface area contributed by atoms with Crippen molar-refractivity contribution in [3.05, 3.63) is 30.3 Å². The number of nitrogens with one attached hydrogen (secondary N) is 2. The van der Waals surface area contributed by atoms with Crippen molar-refractivity contribution >= 4 is 17.7 Å². The highest BCUT2D eigenvalue weighted by Gasteiger charge is 2.22. The summed E-state index contributed by atoms with van der Waals surface area (Å²) in [5, 5.41) is 6.48. The number of piperidine rings is 1. The molecule has 0 radical (unpaired) electrons. The second kappa shape index (κ2) is 6.81. The van der Waals surface area contributed by atoms with Gasteiger partial charge >= 0.3 is 0 Å². The Morgan fingerprint density at radius 3 is 2.94 bits per heavy atom. The summed E-state index contributed by atoms with van der Waals surface area (Å²) in [6.45, 7) is 4.18. The molecule has 98 valence electrons. The van der Waals surface area contributed by atoms with Gasteiger partial charge in [-0.3, -0.25) is 4.79 Å². The number of rotatable bonds is 4. The highest BCUT2D eigenvalue weighted by molar-refractivity contribution is 8.00. The summed E-state index contributed by atoms with van der Waals surface area (Å²) < 4.78 is 0. The second-order valence-electron chi connectivity index (χ2n) is 4.75. The van der Waals surface area contributed by atoms with E-state index in [1.54, 1.807) is 11.8 Å². The molecule has 1 amide bonds. The minimum absolute atomic E-state index is 0.141. The van der Waals surface area contributed by atoms with Gasteiger partial charge in [0.25, 0.3) is 0 Å². The van der Waals surface area contributed by atoms with Gasteiger partial charge in [-0.05, 0) is 37.6 Å². The molecule has 2 rings (SSSR count). The predicted octanol–water partition coefficient (Wildman–Crippen LogP) is 1.89. The first-order valence-corrected chi connectivity index (χ1v) is 7.42. The van der Waals surface area contributed by atoms with Crippen molar-refractivity contribution in [1.82, 2.24) is 10.6 Å². The maximum absolute atomic E-state index is 11.9. The van der Waals surface area contributed by atoms with Crippen molar-refractivity contribution in [3.63, 3.8) is 0 Å². The maximum atomic E-state index is 11.9. The molecule has 18 heavy (non-hydrogen) atoms. The SMILES string of the molecule is CC1CNCCC1NC(=O)CSc1ccccc1. The molecule has 1 saturated heterocycles. The summed E-state index contributed by atoms with van der Waals surface area (Å²) >= 11 is 1.59. The smallest absolute Gasteiger partial charge is 0.230 e. The Balaban J connectivity index is 1.75. The van der Waals surface area contributed by atoms with Crippen LogP contribution in [0.25, 0.3) is 0 Å². The zero-order valence-electron chi connectivity index (χ0n) is 10.7. The fourth-order valence-corrected chi connectivity index (χ4v) is 2.87. The van der Waals surface area contributed by atoms with Crippen molar-refractivity contribution < 1.29 is 4.79 Å². The summed E-state index contributed by atoms with van der Waals surface area (Å²) in [6.07, 6.45) is 1.03. The Labute approximate surface area is 113 Å². The van der Waals surface area contributed by atoms with E-state index in [2.05, 4.69) is 17.6 Å². The number of carbonyl (C=O) groups excluding carboxylic acids is 1. The minimum atomic E-state index is 0.141. The summed E-state index contributed by atoms with van der Waals surface area (Å²) in [4.78, 5) is 13.0. The van der Waals surface area contributed by atoms with Gasteiger partial charge in [0, 0.05) is 10.9 Å². The molecule has 2 atom stereocenters. The first-order valence-electron chi connectivity index (χ1n) is 6.43. The Morgan fingerprint density at radius 1 is 1.44 bits per heavy atom. The highest BCUT2D eigenvalue weighted by Crippen LogP contribution is 2.17. The Bertz CT molecular complexity index is 383. The van der Waals surface area contributed by atoms with Crippen LogP contribution < -0.4 is 10.6 Å². The van der Waals surface area contributed by atoms with E-state index >= 15 is 0 Å². The van der Waals surface area contributed by atoms with E-state index in [4.69, 9.17) is 0 Å². The number of hydrogen-bond acceptors (Lipinski definition) is 3. The fourth-order valence-electron chi connectivity index (χ4n) is 2.14. The number of carbonyl (C=O) groups is 1. The molecule has 0 bridgehead atoms. The largest absolute Gasteiger partial charge is 0.352 e. The van der Waals surface area contributed by atoms with Crippen LogP contribution in [0.2, 0.25) is 0 Å². The molecular formula is C14H20N2OS. The van der Waals surface area contributed by atoms with E-state index in [0.29, 0.717) is 17.7 Å². The fraction of sp³-hybridized carbons (Fsp3) is 0.500. The molecule has 1 aromatic carbocycles. The van der Waals surface area contributed by atoms with Crippen LogP contribution >= 0.6 is 11.8 Å².